The first kappa shape index (κ1) is 18.9. The number of aromatic hydroxyl groups is 1. The van der Waals surface area contributed by atoms with Crippen LogP contribution in [0.3, 0.4) is 0 Å². The fourth-order valence-corrected chi connectivity index (χ4v) is 3.86. The Kier molecular flexibility index (Phi) is 7.06. The largest absolute Gasteiger partial charge is 0.508 e. The summed E-state index contributed by atoms with van der Waals surface area (Å²) in [7, 11) is 0. The molecule has 0 spiro atoms. The zero-order valence-electron chi connectivity index (χ0n) is 15.4. The molecule has 0 radical (unpaired) electrons. The van der Waals surface area contributed by atoms with Crippen molar-refractivity contribution in [2.24, 2.45) is 0 Å². The second kappa shape index (κ2) is 9.72. The number of nitrogens with zero attached hydrogens (tertiary/aromatic N) is 2. The van der Waals surface area contributed by atoms with Crippen LogP contribution in [0, 0.1) is 0 Å². The second-order valence-corrected chi connectivity index (χ2v) is 7.20. The van der Waals surface area contributed by atoms with Gasteiger partial charge in [0.05, 0.1) is 0 Å². The maximum Gasteiger partial charge on any atom is 0.115 e. The lowest BCUT2D eigenvalue weighted by atomic mass is 10.1. The highest BCUT2D eigenvalue weighted by molar-refractivity contribution is 5.27. The van der Waals surface area contributed by atoms with Crippen LogP contribution in [0.4, 0.5) is 0 Å². The highest BCUT2D eigenvalue weighted by atomic mass is 16.3. The van der Waals surface area contributed by atoms with Gasteiger partial charge in [-0.05, 0) is 49.1 Å². The molecule has 2 aromatic carbocycles. The zero-order valence-corrected chi connectivity index (χ0v) is 15.4. The molecule has 0 aromatic heterocycles. The molecule has 0 amide bonds. The van der Waals surface area contributed by atoms with E-state index in [0.29, 0.717) is 11.8 Å². The fraction of sp³-hybridized carbons (Fsp3) is 0.455. The smallest absolute Gasteiger partial charge is 0.115 e. The van der Waals surface area contributed by atoms with Gasteiger partial charge in [-0.15, -0.1) is 0 Å². The third kappa shape index (κ3) is 5.56. The molecule has 4 nitrogen and oxygen atoms in total. The summed E-state index contributed by atoms with van der Waals surface area (Å²) in [5.41, 5.74) is 2.54. The van der Waals surface area contributed by atoms with Crippen LogP contribution in [0.15, 0.2) is 54.6 Å². The molecule has 1 saturated heterocycles. The summed E-state index contributed by atoms with van der Waals surface area (Å²) in [5, 5.41) is 19.1. The number of piperazine rings is 1. The third-order valence-corrected chi connectivity index (χ3v) is 5.22. The van der Waals surface area contributed by atoms with E-state index in [1.165, 1.54) is 5.56 Å². The summed E-state index contributed by atoms with van der Waals surface area (Å²) in [6, 6.07) is 18.6. The minimum absolute atomic E-state index is 0.236. The Balaban J connectivity index is 1.50. The number of aliphatic hydroxyl groups excluding tert-OH is 1. The summed E-state index contributed by atoms with van der Waals surface area (Å²) in [6.07, 6.45) is 3.08. The van der Waals surface area contributed by atoms with Crippen molar-refractivity contribution in [1.82, 2.24) is 9.80 Å². The molecule has 1 heterocycles. The van der Waals surface area contributed by atoms with E-state index in [1.807, 2.05) is 12.1 Å². The molecule has 0 saturated carbocycles. The minimum Gasteiger partial charge on any atom is -0.508 e. The maximum absolute atomic E-state index is 9.65. The number of phenolic OH excluding ortho intramolecular Hbond substituents is 1. The van der Waals surface area contributed by atoms with E-state index in [0.717, 1.165) is 57.5 Å². The van der Waals surface area contributed by atoms with E-state index in [9.17, 15) is 10.2 Å². The van der Waals surface area contributed by atoms with Crippen LogP contribution in [-0.4, -0.2) is 58.8 Å². The first-order chi connectivity index (χ1) is 12.7. The molecule has 1 aliphatic rings. The number of rotatable bonds is 8. The average Bonchev–Trinajstić information content (AvgIpc) is 2.65. The molecule has 4 heteroatoms. The highest BCUT2D eigenvalue weighted by Crippen LogP contribution is 2.18. The van der Waals surface area contributed by atoms with Crippen molar-refractivity contribution in [2.75, 3.05) is 32.8 Å². The van der Waals surface area contributed by atoms with E-state index < -0.39 is 0 Å². The summed E-state index contributed by atoms with van der Waals surface area (Å²) in [4.78, 5) is 4.97. The first-order valence-corrected chi connectivity index (χ1v) is 9.63. The van der Waals surface area contributed by atoms with Crippen molar-refractivity contribution >= 4 is 0 Å². The van der Waals surface area contributed by atoms with Gasteiger partial charge in [0.15, 0.2) is 0 Å². The van der Waals surface area contributed by atoms with Crippen molar-refractivity contribution in [3.05, 3.63) is 65.7 Å². The van der Waals surface area contributed by atoms with Crippen molar-refractivity contribution in [3.8, 4) is 5.75 Å². The minimum atomic E-state index is 0.236. The van der Waals surface area contributed by atoms with Crippen LogP contribution in [0.25, 0.3) is 0 Å². The number of hydrogen-bond acceptors (Lipinski definition) is 4. The van der Waals surface area contributed by atoms with Crippen molar-refractivity contribution in [1.29, 1.82) is 0 Å². The van der Waals surface area contributed by atoms with Gasteiger partial charge in [-0.2, -0.15) is 0 Å². The van der Waals surface area contributed by atoms with Gasteiger partial charge in [0.25, 0.3) is 0 Å². The van der Waals surface area contributed by atoms with Crippen molar-refractivity contribution < 1.29 is 10.2 Å². The summed E-state index contributed by atoms with van der Waals surface area (Å²) >= 11 is 0. The molecule has 1 fully saturated rings. The van der Waals surface area contributed by atoms with E-state index in [1.54, 1.807) is 6.07 Å². The van der Waals surface area contributed by atoms with Crippen LogP contribution < -0.4 is 0 Å². The van der Waals surface area contributed by atoms with Gasteiger partial charge in [-0.3, -0.25) is 9.80 Å². The predicted molar refractivity (Wildman–Crippen MR) is 105 cm³/mol. The molecule has 1 atom stereocenters. The third-order valence-electron chi connectivity index (χ3n) is 5.22. The van der Waals surface area contributed by atoms with Gasteiger partial charge in [0, 0.05) is 38.8 Å². The van der Waals surface area contributed by atoms with E-state index in [4.69, 9.17) is 0 Å². The summed E-state index contributed by atoms with van der Waals surface area (Å²) in [5.74, 6) is 0.328. The first-order valence-electron chi connectivity index (χ1n) is 9.63. The number of hydrogen-bond donors (Lipinski definition) is 2. The molecule has 3 rings (SSSR count). The van der Waals surface area contributed by atoms with E-state index in [-0.39, 0.29) is 6.61 Å². The molecule has 1 aliphatic heterocycles. The monoisotopic (exact) mass is 354 g/mol. The maximum atomic E-state index is 9.65. The van der Waals surface area contributed by atoms with Gasteiger partial charge in [-0.25, -0.2) is 0 Å². The Bertz CT molecular complexity index is 662. The van der Waals surface area contributed by atoms with Crippen LogP contribution in [0.2, 0.25) is 0 Å². The number of phenols is 1. The number of aliphatic hydroxyl groups is 1. The van der Waals surface area contributed by atoms with Gasteiger partial charge in [-0.1, -0.05) is 42.5 Å². The Labute approximate surface area is 156 Å². The summed E-state index contributed by atoms with van der Waals surface area (Å²) < 4.78 is 0. The fourth-order valence-electron chi connectivity index (χ4n) is 3.86. The number of aryl methyl sites for hydroxylation is 1. The van der Waals surface area contributed by atoms with Crippen LogP contribution in [0.1, 0.15) is 24.0 Å². The molecule has 140 valence electrons. The van der Waals surface area contributed by atoms with Crippen molar-refractivity contribution in [3.63, 3.8) is 0 Å². The molecule has 0 aliphatic carbocycles. The molecule has 2 N–H and O–H groups in total. The molecule has 26 heavy (non-hydrogen) atoms. The lowest BCUT2D eigenvalue weighted by molar-refractivity contribution is 0.0546. The topological polar surface area (TPSA) is 46.9 Å². The Morgan fingerprint density at radius 1 is 0.962 bits per heavy atom. The van der Waals surface area contributed by atoms with Gasteiger partial charge in [0.2, 0.25) is 0 Å². The Hall–Kier alpha value is -1.88. The normalized spacial score (nSPS) is 18.9. The number of benzene rings is 2. The standard InChI is InChI=1S/C22H30N2O2/c25-15-11-21-18-23(17-20-8-4-10-22(26)16-20)13-14-24(21)12-5-9-19-6-2-1-3-7-19/h1-4,6-8,10,16,21,25-26H,5,9,11-15,17-18H2/t21-/m0/s1. The van der Waals surface area contributed by atoms with Crippen LogP contribution in [0.5, 0.6) is 5.75 Å². The lowest BCUT2D eigenvalue weighted by Crippen LogP contribution is -2.53. The second-order valence-electron chi connectivity index (χ2n) is 7.20. The molecular weight excluding hydrogens is 324 g/mol. The van der Waals surface area contributed by atoms with E-state index in [2.05, 4.69) is 46.2 Å². The Morgan fingerprint density at radius 2 is 1.77 bits per heavy atom. The Morgan fingerprint density at radius 3 is 2.54 bits per heavy atom. The molecule has 2 aromatic rings. The summed E-state index contributed by atoms with van der Waals surface area (Å²) in [6.45, 7) is 5.22. The van der Waals surface area contributed by atoms with E-state index >= 15 is 0 Å². The molecule has 0 bridgehead atoms. The quantitative estimate of drug-likeness (QED) is 0.765. The molecular formula is C22H30N2O2. The van der Waals surface area contributed by atoms with Crippen LogP contribution in [-0.2, 0) is 13.0 Å². The lowest BCUT2D eigenvalue weighted by Gasteiger charge is -2.41. The highest BCUT2D eigenvalue weighted by Gasteiger charge is 2.26. The molecule has 0 unspecified atom stereocenters. The van der Waals surface area contributed by atoms with Gasteiger partial charge >= 0.3 is 0 Å². The SMILES string of the molecule is OCC[C@H]1CN(Cc2cccc(O)c2)CCN1CCCc1ccccc1. The van der Waals surface area contributed by atoms with Gasteiger partial charge < -0.3 is 10.2 Å². The van der Waals surface area contributed by atoms with Gasteiger partial charge in [0.1, 0.15) is 5.75 Å². The zero-order chi connectivity index (χ0) is 18.2. The average molecular weight is 354 g/mol. The predicted octanol–water partition coefficient (Wildman–Crippen LogP) is 2.89. The van der Waals surface area contributed by atoms with Crippen molar-refractivity contribution in [2.45, 2.75) is 31.8 Å². The van der Waals surface area contributed by atoms with Crippen LogP contribution >= 0.6 is 0 Å².